The van der Waals surface area contributed by atoms with Crippen molar-refractivity contribution in [2.45, 2.75) is 18.9 Å². The second-order valence-corrected chi connectivity index (χ2v) is 9.08. The minimum Gasteiger partial charge on any atom is -0.349 e. The summed E-state index contributed by atoms with van der Waals surface area (Å²) < 4.78 is 3.53. The summed E-state index contributed by atoms with van der Waals surface area (Å²) in [6.45, 7) is 2.00. The molecule has 0 saturated carbocycles. The fraction of sp³-hybridized carbons (Fsp3) is 0.280. The van der Waals surface area contributed by atoms with Crippen LogP contribution in [-0.4, -0.2) is 66.3 Å². The molecule has 0 bridgehead atoms. The second-order valence-electron chi connectivity index (χ2n) is 9.08. The number of H-pyrrole nitrogens is 1. The van der Waals surface area contributed by atoms with E-state index in [1.54, 1.807) is 15.4 Å². The molecular formula is C25H26N8O. The third-order valence-electron chi connectivity index (χ3n) is 6.70. The quantitative estimate of drug-likeness (QED) is 0.435. The van der Waals surface area contributed by atoms with Crippen LogP contribution in [-0.2, 0) is 7.05 Å². The lowest BCUT2D eigenvalue weighted by atomic mass is 10.0. The average Bonchev–Trinajstić information content (AvgIpc) is 3.57. The number of aromatic nitrogens is 6. The Morgan fingerprint density at radius 3 is 2.71 bits per heavy atom. The van der Waals surface area contributed by atoms with Gasteiger partial charge in [-0.05, 0) is 56.7 Å². The van der Waals surface area contributed by atoms with Crippen molar-refractivity contribution in [1.29, 1.82) is 0 Å². The molecule has 1 fully saturated rings. The van der Waals surface area contributed by atoms with E-state index in [4.69, 9.17) is 0 Å². The molecule has 0 radical (unpaired) electrons. The first-order chi connectivity index (χ1) is 16.5. The number of amides is 1. The van der Waals surface area contributed by atoms with E-state index in [0.29, 0.717) is 5.56 Å². The van der Waals surface area contributed by atoms with E-state index in [-0.39, 0.29) is 11.9 Å². The smallest absolute Gasteiger partial charge is 0.255 e. The molecule has 9 nitrogen and oxygen atoms in total. The van der Waals surface area contributed by atoms with Crippen molar-refractivity contribution in [3.05, 3.63) is 60.9 Å². The lowest BCUT2D eigenvalue weighted by molar-refractivity contribution is 0.0918. The summed E-state index contributed by atoms with van der Waals surface area (Å²) >= 11 is 0. The Balaban J connectivity index is 1.35. The number of aryl methyl sites for hydroxylation is 1. The Bertz CT molecular complexity index is 1500. The first-order valence-electron chi connectivity index (χ1n) is 11.5. The second kappa shape index (κ2) is 8.11. The van der Waals surface area contributed by atoms with Gasteiger partial charge >= 0.3 is 0 Å². The Morgan fingerprint density at radius 1 is 1.06 bits per heavy atom. The summed E-state index contributed by atoms with van der Waals surface area (Å²) in [6, 6.07) is 6.36. The normalized spacial score (nSPS) is 15.4. The zero-order chi connectivity index (χ0) is 23.2. The van der Waals surface area contributed by atoms with Gasteiger partial charge in [-0.25, -0.2) is 9.50 Å². The number of fused-ring (bicyclic) bond motifs is 2. The van der Waals surface area contributed by atoms with Crippen molar-refractivity contribution in [3.8, 4) is 22.3 Å². The largest absolute Gasteiger partial charge is 0.349 e. The van der Waals surface area contributed by atoms with Crippen LogP contribution in [0.4, 0.5) is 0 Å². The highest BCUT2D eigenvalue weighted by Crippen LogP contribution is 2.32. The predicted molar refractivity (Wildman–Crippen MR) is 130 cm³/mol. The highest BCUT2D eigenvalue weighted by Gasteiger charge is 2.21. The van der Waals surface area contributed by atoms with Crippen LogP contribution in [0.5, 0.6) is 0 Å². The first kappa shape index (κ1) is 20.6. The molecule has 0 unspecified atom stereocenters. The number of likely N-dealkylation sites (tertiary alicyclic amines) is 1. The van der Waals surface area contributed by atoms with Gasteiger partial charge in [0.15, 0.2) is 0 Å². The first-order valence-corrected chi connectivity index (χ1v) is 11.5. The van der Waals surface area contributed by atoms with Gasteiger partial charge in [-0.2, -0.15) is 10.2 Å². The Labute approximate surface area is 196 Å². The Morgan fingerprint density at radius 2 is 1.91 bits per heavy atom. The molecule has 172 valence electrons. The van der Waals surface area contributed by atoms with Crippen LogP contribution in [0.2, 0.25) is 0 Å². The number of piperidine rings is 1. The lowest BCUT2D eigenvalue weighted by Crippen LogP contribution is -2.43. The minimum absolute atomic E-state index is 0.0684. The fourth-order valence-corrected chi connectivity index (χ4v) is 4.71. The monoisotopic (exact) mass is 454 g/mol. The number of hydrogen-bond donors (Lipinski definition) is 2. The van der Waals surface area contributed by atoms with Crippen LogP contribution in [0.3, 0.4) is 0 Å². The molecule has 6 rings (SSSR count). The van der Waals surface area contributed by atoms with Crippen molar-refractivity contribution in [1.82, 2.24) is 39.6 Å². The van der Waals surface area contributed by atoms with E-state index in [0.717, 1.165) is 64.7 Å². The number of rotatable bonds is 4. The highest BCUT2D eigenvalue weighted by atomic mass is 16.1. The van der Waals surface area contributed by atoms with Gasteiger partial charge in [0.05, 0.1) is 23.5 Å². The standard InChI is InChI=1S/C25H26N8O/c1-31-6-4-19(5-7-31)30-25(34)22-14-29-33-8-3-16(10-23(22)33)21-13-27-24-20(21)9-17(11-26-24)18-12-28-32(2)15-18/h3,8-15,19H,4-7H2,1-2H3,(H,26,27)(H,30,34). The molecule has 34 heavy (non-hydrogen) atoms. The Hall–Kier alpha value is -3.98. The molecule has 5 aromatic heterocycles. The maximum absolute atomic E-state index is 13.1. The number of nitrogens with one attached hydrogen (secondary N) is 2. The molecule has 0 aromatic carbocycles. The van der Waals surface area contributed by atoms with Gasteiger partial charge in [-0.15, -0.1) is 0 Å². The summed E-state index contributed by atoms with van der Waals surface area (Å²) in [5.41, 5.74) is 6.24. The molecule has 0 spiro atoms. The number of pyridine rings is 2. The highest BCUT2D eigenvalue weighted by molar-refractivity contribution is 6.02. The number of hydrogen-bond acceptors (Lipinski definition) is 5. The van der Waals surface area contributed by atoms with Gasteiger partial charge in [-0.3, -0.25) is 9.48 Å². The van der Waals surface area contributed by atoms with Crippen molar-refractivity contribution in [3.63, 3.8) is 0 Å². The summed E-state index contributed by atoms with van der Waals surface area (Å²) in [6.07, 6.45) is 13.1. The average molecular weight is 455 g/mol. The maximum atomic E-state index is 13.1. The molecule has 6 heterocycles. The maximum Gasteiger partial charge on any atom is 0.255 e. The van der Waals surface area contributed by atoms with E-state index in [1.807, 2.05) is 50.2 Å². The SMILES string of the molecule is CN1CCC(NC(=O)c2cnn3ccc(-c4c[nH]c5ncc(-c6cnn(C)c6)cc45)cc23)CC1. The summed E-state index contributed by atoms with van der Waals surface area (Å²) in [7, 11) is 4.02. The van der Waals surface area contributed by atoms with Crippen LogP contribution in [0, 0.1) is 0 Å². The van der Waals surface area contributed by atoms with Gasteiger partial charge in [0.2, 0.25) is 0 Å². The van der Waals surface area contributed by atoms with E-state index in [2.05, 4.69) is 43.5 Å². The summed E-state index contributed by atoms with van der Waals surface area (Å²) in [4.78, 5) is 23.2. The molecular weight excluding hydrogens is 428 g/mol. The molecule has 1 amide bonds. The van der Waals surface area contributed by atoms with Gasteiger partial charge in [0.25, 0.3) is 5.91 Å². The van der Waals surface area contributed by atoms with Crippen LogP contribution in [0.1, 0.15) is 23.2 Å². The third kappa shape index (κ3) is 3.63. The van der Waals surface area contributed by atoms with Crippen molar-refractivity contribution >= 4 is 22.5 Å². The molecule has 0 aliphatic carbocycles. The van der Waals surface area contributed by atoms with Crippen molar-refractivity contribution < 1.29 is 4.79 Å². The van der Waals surface area contributed by atoms with Crippen molar-refractivity contribution in [2.24, 2.45) is 7.05 Å². The number of aromatic amines is 1. The molecule has 9 heteroatoms. The fourth-order valence-electron chi connectivity index (χ4n) is 4.71. The zero-order valence-corrected chi connectivity index (χ0v) is 19.2. The minimum atomic E-state index is -0.0684. The van der Waals surface area contributed by atoms with E-state index >= 15 is 0 Å². The molecule has 2 N–H and O–H groups in total. The zero-order valence-electron chi connectivity index (χ0n) is 19.2. The van der Waals surface area contributed by atoms with Crippen LogP contribution >= 0.6 is 0 Å². The van der Waals surface area contributed by atoms with E-state index < -0.39 is 0 Å². The van der Waals surface area contributed by atoms with Crippen LogP contribution in [0.15, 0.2) is 55.4 Å². The molecule has 0 atom stereocenters. The summed E-state index contributed by atoms with van der Waals surface area (Å²) in [5, 5.41) is 12.9. The number of nitrogens with zero attached hydrogens (tertiary/aromatic N) is 6. The molecule has 1 aliphatic heterocycles. The van der Waals surface area contributed by atoms with Gasteiger partial charge in [0.1, 0.15) is 5.65 Å². The summed E-state index contributed by atoms with van der Waals surface area (Å²) in [5.74, 6) is -0.0684. The van der Waals surface area contributed by atoms with Gasteiger partial charge in [-0.1, -0.05) is 0 Å². The van der Waals surface area contributed by atoms with E-state index in [1.165, 1.54) is 0 Å². The van der Waals surface area contributed by atoms with Gasteiger partial charge < -0.3 is 15.2 Å². The van der Waals surface area contributed by atoms with Crippen molar-refractivity contribution in [2.75, 3.05) is 20.1 Å². The topological polar surface area (TPSA) is 96.1 Å². The molecule has 5 aromatic rings. The molecule has 1 aliphatic rings. The lowest BCUT2D eigenvalue weighted by Gasteiger charge is -2.29. The van der Waals surface area contributed by atoms with E-state index in [9.17, 15) is 4.79 Å². The van der Waals surface area contributed by atoms with Crippen LogP contribution < -0.4 is 5.32 Å². The number of carbonyl (C=O) groups excluding carboxylic acids is 1. The number of carbonyl (C=O) groups is 1. The van der Waals surface area contributed by atoms with Crippen LogP contribution in [0.25, 0.3) is 38.8 Å². The van der Waals surface area contributed by atoms with Gasteiger partial charge in [0, 0.05) is 60.0 Å². The predicted octanol–water partition coefficient (Wildman–Crippen LogP) is 3.10. The Kier molecular flexibility index (Phi) is 4.91. The third-order valence-corrected chi connectivity index (χ3v) is 6.70. The molecule has 1 saturated heterocycles.